The Kier molecular flexibility index (Phi) is 4.71. The molecule has 0 saturated carbocycles. The predicted molar refractivity (Wildman–Crippen MR) is 60.0 cm³/mol. The van der Waals surface area contributed by atoms with Gasteiger partial charge in [0, 0.05) is 17.7 Å². The minimum atomic E-state index is -0.613. The van der Waals surface area contributed by atoms with Gasteiger partial charge in [-0.25, -0.2) is 4.39 Å². The summed E-state index contributed by atoms with van der Waals surface area (Å²) in [4.78, 5) is 11.6. The zero-order valence-electron chi connectivity index (χ0n) is 8.84. The van der Waals surface area contributed by atoms with E-state index in [4.69, 9.17) is 16.7 Å². The maximum atomic E-state index is 13.3. The molecule has 88 valence electrons. The molecule has 1 amide bonds. The predicted octanol–water partition coefficient (Wildman–Crippen LogP) is 1.98. The quantitative estimate of drug-likeness (QED) is 0.852. The van der Waals surface area contributed by atoms with Crippen molar-refractivity contribution < 1.29 is 14.3 Å². The lowest BCUT2D eigenvalue weighted by Gasteiger charge is -2.12. The molecule has 0 spiro atoms. The summed E-state index contributed by atoms with van der Waals surface area (Å²) < 4.78 is 13.3. The minimum absolute atomic E-state index is 0.0283. The number of benzene rings is 1. The lowest BCUT2D eigenvalue weighted by molar-refractivity contribution is 0.0930. The number of nitrogens with one attached hydrogen (secondary N) is 1. The van der Waals surface area contributed by atoms with Gasteiger partial charge in [0.25, 0.3) is 5.91 Å². The van der Waals surface area contributed by atoms with Crippen LogP contribution in [0.5, 0.6) is 0 Å². The first-order valence-corrected chi connectivity index (χ1v) is 5.29. The second-order valence-corrected chi connectivity index (χ2v) is 3.95. The van der Waals surface area contributed by atoms with Crippen molar-refractivity contribution >= 4 is 17.5 Å². The first-order chi connectivity index (χ1) is 7.54. The van der Waals surface area contributed by atoms with E-state index in [9.17, 15) is 9.18 Å². The summed E-state index contributed by atoms with van der Waals surface area (Å²) in [6.07, 6.45) is 0.425. The molecule has 1 atom stereocenters. The van der Waals surface area contributed by atoms with Crippen LogP contribution in [-0.4, -0.2) is 23.7 Å². The van der Waals surface area contributed by atoms with Crippen LogP contribution in [0.3, 0.4) is 0 Å². The highest BCUT2D eigenvalue weighted by Gasteiger charge is 2.14. The van der Waals surface area contributed by atoms with Gasteiger partial charge in [0.2, 0.25) is 0 Å². The maximum Gasteiger partial charge on any atom is 0.254 e. The number of rotatable bonds is 4. The van der Waals surface area contributed by atoms with Crippen LogP contribution in [0.1, 0.15) is 23.7 Å². The van der Waals surface area contributed by atoms with Gasteiger partial charge in [-0.1, -0.05) is 11.6 Å². The first kappa shape index (κ1) is 12.9. The monoisotopic (exact) mass is 245 g/mol. The van der Waals surface area contributed by atoms with E-state index in [0.717, 1.165) is 6.07 Å². The number of hydrogen-bond donors (Lipinski definition) is 2. The third-order valence-corrected chi connectivity index (χ3v) is 2.35. The molecule has 1 rings (SSSR count). The van der Waals surface area contributed by atoms with Crippen molar-refractivity contribution in [1.29, 1.82) is 0 Å². The van der Waals surface area contributed by atoms with Crippen molar-refractivity contribution in [3.8, 4) is 0 Å². The Morgan fingerprint density at radius 3 is 2.94 bits per heavy atom. The average Bonchev–Trinajstić information content (AvgIpc) is 2.21. The number of halogens is 2. The van der Waals surface area contributed by atoms with Gasteiger partial charge >= 0.3 is 0 Å². The Balaban J connectivity index is 2.76. The van der Waals surface area contributed by atoms with Gasteiger partial charge in [-0.2, -0.15) is 0 Å². The largest absolute Gasteiger partial charge is 0.396 e. The normalized spacial score (nSPS) is 12.2. The van der Waals surface area contributed by atoms with Crippen LogP contribution in [0.15, 0.2) is 18.2 Å². The van der Waals surface area contributed by atoms with Crippen molar-refractivity contribution in [2.75, 3.05) is 6.61 Å². The Morgan fingerprint density at radius 1 is 1.62 bits per heavy atom. The molecule has 0 heterocycles. The van der Waals surface area contributed by atoms with Crippen molar-refractivity contribution in [3.63, 3.8) is 0 Å². The number of amides is 1. The molecule has 5 heteroatoms. The SMILES string of the molecule is CC(CCO)NC(=O)c1cc(Cl)ccc1F. The highest BCUT2D eigenvalue weighted by molar-refractivity contribution is 6.30. The van der Waals surface area contributed by atoms with Crippen LogP contribution in [-0.2, 0) is 0 Å². The fourth-order valence-corrected chi connectivity index (χ4v) is 1.41. The van der Waals surface area contributed by atoms with E-state index in [1.54, 1.807) is 6.92 Å². The summed E-state index contributed by atoms with van der Waals surface area (Å²) in [5.74, 6) is -1.14. The Bertz CT molecular complexity index is 384. The Hall–Kier alpha value is -1.13. The molecule has 0 fully saturated rings. The molecule has 0 radical (unpaired) electrons. The molecule has 0 saturated heterocycles. The first-order valence-electron chi connectivity index (χ1n) is 4.91. The number of aliphatic hydroxyl groups is 1. The summed E-state index contributed by atoms with van der Waals surface area (Å²) in [5, 5.41) is 11.5. The molecule has 2 N–H and O–H groups in total. The van der Waals surface area contributed by atoms with Gasteiger partial charge in [0.15, 0.2) is 0 Å². The number of aliphatic hydroxyl groups excluding tert-OH is 1. The molecule has 0 aliphatic rings. The second-order valence-electron chi connectivity index (χ2n) is 3.51. The molecule has 1 unspecified atom stereocenters. The van der Waals surface area contributed by atoms with Crippen LogP contribution >= 0.6 is 11.6 Å². The lowest BCUT2D eigenvalue weighted by atomic mass is 10.1. The van der Waals surface area contributed by atoms with E-state index in [1.807, 2.05) is 0 Å². The Morgan fingerprint density at radius 2 is 2.31 bits per heavy atom. The molecule has 16 heavy (non-hydrogen) atoms. The zero-order chi connectivity index (χ0) is 12.1. The molecule has 0 aliphatic heterocycles. The minimum Gasteiger partial charge on any atom is -0.396 e. The smallest absolute Gasteiger partial charge is 0.254 e. The summed E-state index contributed by atoms with van der Waals surface area (Å²) in [6.45, 7) is 1.70. The standard InChI is InChI=1S/C11H13ClFNO2/c1-7(4-5-15)14-11(16)9-6-8(12)2-3-10(9)13/h2-3,6-7,15H,4-5H2,1H3,(H,14,16). The number of hydrogen-bond acceptors (Lipinski definition) is 2. The molecule has 0 aliphatic carbocycles. The Labute approximate surface area is 98.2 Å². The van der Waals surface area contributed by atoms with Gasteiger partial charge in [-0.3, -0.25) is 4.79 Å². The van der Waals surface area contributed by atoms with Gasteiger partial charge in [-0.05, 0) is 31.5 Å². The highest BCUT2D eigenvalue weighted by atomic mass is 35.5. The van der Waals surface area contributed by atoms with Crippen LogP contribution in [0.4, 0.5) is 4.39 Å². The summed E-state index contributed by atoms with van der Waals surface area (Å²) in [5.41, 5.74) is -0.0858. The fourth-order valence-electron chi connectivity index (χ4n) is 1.24. The van der Waals surface area contributed by atoms with E-state index in [1.165, 1.54) is 12.1 Å². The van der Waals surface area contributed by atoms with Crippen LogP contribution in [0.25, 0.3) is 0 Å². The maximum absolute atomic E-state index is 13.3. The van der Waals surface area contributed by atoms with Crippen LogP contribution in [0.2, 0.25) is 5.02 Å². The van der Waals surface area contributed by atoms with Gasteiger partial charge in [-0.15, -0.1) is 0 Å². The zero-order valence-corrected chi connectivity index (χ0v) is 9.59. The lowest BCUT2D eigenvalue weighted by Crippen LogP contribution is -2.33. The average molecular weight is 246 g/mol. The summed E-state index contributed by atoms with van der Waals surface area (Å²) in [6, 6.07) is 3.59. The molecular formula is C11H13ClFNO2. The third kappa shape index (κ3) is 3.47. The summed E-state index contributed by atoms with van der Waals surface area (Å²) >= 11 is 5.67. The second kappa shape index (κ2) is 5.82. The van der Waals surface area contributed by atoms with Gasteiger partial charge < -0.3 is 10.4 Å². The molecule has 0 bridgehead atoms. The van der Waals surface area contributed by atoms with E-state index >= 15 is 0 Å². The summed E-state index contributed by atoms with van der Waals surface area (Å²) in [7, 11) is 0. The van der Waals surface area contributed by atoms with E-state index in [-0.39, 0.29) is 18.2 Å². The van der Waals surface area contributed by atoms with Gasteiger partial charge in [0.05, 0.1) is 5.56 Å². The van der Waals surface area contributed by atoms with Crippen LogP contribution < -0.4 is 5.32 Å². The topological polar surface area (TPSA) is 49.3 Å². The fraction of sp³-hybridized carbons (Fsp3) is 0.364. The van der Waals surface area contributed by atoms with Crippen molar-refractivity contribution in [2.45, 2.75) is 19.4 Å². The van der Waals surface area contributed by atoms with E-state index < -0.39 is 11.7 Å². The number of carbonyl (C=O) groups excluding carboxylic acids is 1. The van der Waals surface area contributed by atoms with E-state index in [0.29, 0.717) is 11.4 Å². The van der Waals surface area contributed by atoms with Crippen LogP contribution in [0, 0.1) is 5.82 Å². The van der Waals surface area contributed by atoms with Crippen molar-refractivity contribution in [1.82, 2.24) is 5.32 Å². The molecule has 1 aromatic carbocycles. The van der Waals surface area contributed by atoms with Crippen molar-refractivity contribution in [2.24, 2.45) is 0 Å². The molecule has 0 aromatic heterocycles. The van der Waals surface area contributed by atoms with E-state index in [2.05, 4.69) is 5.32 Å². The van der Waals surface area contributed by atoms with Gasteiger partial charge in [0.1, 0.15) is 5.82 Å². The molecular weight excluding hydrogens is 233 g/mol. The molecule has 3 nitrogen and oxygen atoms in total. The third-order valence-electron chi connectivity index (χ3n) is 2.11. The van der Waals surface area contributed by atoms with Crippen molar-refractivity contribution in [3.05, 3.63) is 34.6 Å². The molecule has 1 aromatic rings. The highest BCUT2D eigenvalue weighted by Crippen LogP contribution is 2.14. The number of carbonyl (C=O) groups is 1.